The Hall–Kier alpha value is -1.57. The molecular weight excluding hydrogens is 346 g/mol. The van der Waals surface area contributed by atoms with Gasteiger partial charge in [-0.3, -0.25) is 10.1 Å². The van der Waals surface area contributed by atoms with Crippen molar-refractivity contribution >= 4 is 34.0 Å². The highest BCUT2D eigenvalue weighted by molar-refractivity contribution is 7.15. The molecule has 0 unspecified atom stereocenters. The van der Waals surface area contributed by atoms with Crippen LogP contribution < -0.4 is 10.6 Å². The van der Waals surface area contributed by atoms with Crippen LogP contribution in [-0.4, -0.2) is 33.9 Å². The summed E-state index contributed by atoms with van der Waals surface area (Å²) in [5.41, 5.74) is 0.189. The summed E-state index contributed by atoms with van der Waals surface area (Å²) in [6.45, 7) is 5.99. The summed E-state index contributed by atoms with van der Waals surface area (Å²) in [5.74, 6) is 0.888. The Kier molecular flexibility index (Phi) is 5.43. The monoisotopic (exact) mass is 365 g/mol. The van der Waals surface area contributed by atoms with Crippen molar-refractivity contribution in [3.8, 4) is 0 Å². The molecule has 0 spiro atoms. The van der Waals surface area contributed by atoms with Gasteiger partial charge in [-0.15, -0.1) is 11.3 Å². The van der Waals surface area contributed by atoms with Crippen molar-refractivity contribution in [3.05, 3.63) is 33.8 Å². The number of hydrogen-bond acceptors (Lipinski definition) is 6. The Morgan fingerprint density at radius 2 is 2.08 bits per heavy atom. The molecule has 1 aliphatic heterocycles. The second kappa shape index (κ2) is 7.55. The maximum absolute atomic E-state index is 12.5. The zero-order chi connectivity index (χ0) is 17.1. The number of thiazole rings is 1. The number of anilines is 1. The summed E-state index contributed by atoms with van der Waals surface area (Å²) in [6.07, 6.45) is 5.54. The first kappa shape index (κ1) is 17.3. The first-order valence-electron chi connectivity index (χ1n) is 8.05. The lowest BCUT2D eigenvalue weighted by molar-refractivity contribution is 0.102. The van der Waals surface area contributed by atoms with Crippen molar-refractivity contribution in [1.82, 2.24) is 20.3 Å². The van der Waals surface area contributed by atoms with Crippen LogP contribution in [0.4, 0.5) is 5.13 Å². The average Bonchev–Trinajstić information content (AvgIpc) is 3.04. The minimum atomic E-state index is -0.351. The van der Waals surface area contributed by atoms with Gasteiger partial charge in [-0.05, 0) is 31.8 Å². The minimum absolute atomic E-state index is 0.125. The van der Waals surface area contributed by atoms with Gasteiger partial charge in [-0.2, -0.15) is 0 Å². The fourth-order valence-corrected chi connectivity index (χ4v) is 3.77. The van der Waals surface area contributed by atoms with Crippen LogP contribution in [-0.2, 0) is 0 Å². The predicted octanol–water partition coefficient (Wildman–Crippen LogP) is 3.43. The Bertz CT molecular complexity index is 727. The Morgan fingerprint density at radius 3 is 2.79 bits per heavy atom. The lowest BCUT2D eigenvalue weighted by Crippen LogP contribution is -2.26. The molecule has 0 radical (unpaired) electrons. The maximum atomic E-state index is 12.5. The van der Waals surface area contributed by atoms with Gasteiger partial charge in [0.05, 0.1) is 11.2 Å². The highest BCUT2D eigenvalue weighted by Gasteiger charge is 2.20. The number of nitrogens with zero attached hydrogens (tertiary/aromatic N) is 3. The number of halogens is 1. The van der Waals surface area contributed by atoms with Crippen LogP contribution in [0.25, 0.3) is 0 Å². The summed E-state index contributed by atoms with van der Waals surface area (Å²) in [7, 11) is 0. The summed E-state index contributed by atoms with van der Waals surface area (Å²) in [4.78, 5) is 26.4. The summed E-state index contributed by atoms with van der Waals surface area (Å²) in [6, 6.07) is 0. The molecule has 1 aliphatic rings. The molecule has 1 saturated heterocycles. The topological polar surface area (TPSA) is 79.8 Å². The van der Waals surface area contributed by atoms with Gasteiger partial charge in [0.25, 0.3) is 5.91 Å². The number of aromatic nitrogens is 3. The molecule has 0 atom stereocenters. The lowest BCUT2D eigenvalue weighted by Gasteiger charge is -2.20. The highest BCUT2D eigenvalue weighted by atomic mass is 35.5. The molecule has 1 fully saturated rings. The number of amides is 1. The molecule has 24 heavy (non-hydrogen) atoms. The van der Waals surface area contributed by atoms with Crippen molar-refractivity contribution < 1.29 is 4.79 Å². The first-order valence-corrected chi connectivity index (χ1v) is 9.24. The van der Waals surface area contributed by atoms with E-state index in [0.29, 0.717) is 16.9 Å². The van der Waals surface area contributed by atoms with Crippen LogP contribution in [0.5, 0.6) is 0 Å². The van der Waals surface area contributed by atoms with Crippen LogP contribution in [0.1, 0.15) is 59.7 Å². The van der Waals surface area contributed by atoms with Gasteiger partial charge in [0.2, 0.25) is 0 Å². The van der Waals surface area contributed by atoms with E-state index in [1.165, 1.54) is 22.4 Å². The molecule has 1 amide bonds. The Morgan fingerprint density at radius 1 is 1.33 bits per heavy atom. The lowest BCUT2D eigenvalue weighted by atomic mass is 9.97. The molecule has 8 heteroatoms. The number of piperidine rings is 1. The van der Waals surface area contributed by atoms with E-state index in [9.17, 15) is 4.79 Å². The third kappa shape index (κ3) is 3.91. The van der Waals surface area contributed by atoms with Gasteiger partial charge < -0.3 is 5.32 Å². The Labute approximate surface area is 150 Å². The van der Waals surface area contributed by atoms with Gasteiger partial charge in [-0.25, -0.2) is 15.0 Å². The van der Waals surface area contributed by atoms with Crippen LogP contribution in [0.15, 0.2) is 12.4 Å². The summed E-state index contributed by atoms with van der Waals surface area (Å²) < 4.78 is 0. The second-order valence-corrected chi connectivity index (χ2v) is 7.60. The van der Waals surface area contributed by atoms with E-state index in [4.69, 9.17) is 11.6 Å². The minimum Gasteiger partial charge on any atom is -0.317 e. The van der Waals surface area contributed by atoms with Gasteiger partial charge in [0.1, 0.15) is 5.82 Å². The molecule has 0 aromatic carbocycles. The van der Waals surface area contributed by atoms with Crippen LogP contribution in [0, 0.1) is 0 Å². The number of rotatable bonds is 4. The summed E-state index contributed by atoms with van der Waals surface area (Å²) in [5, 5.41) is 6.97. The van der Waals surface area contributed by atoms with E-state index in [2.05, 4.69) is 25.6 Å². The van der Waals surface area contributed by atoms with Crippen LogP contribution >= 0.6 is 22.9 Å². The largest absolute Gasteiger partial charge is 0.317 e. The molecule has 128 valence electrons. The van der Waals surface area contributed by atoms with Crippen LogP contribution in [0.3, 0.4) is 0 Å². The predicted molar refractivity (Wildman–Crippen MR) is 96.0 cm³/mol. The highest BCUT2D eigenvalue weighted by Crippen LogP contribution is 2.32. The van der Waals surface area contributed by atoms with E-state index < -0.39 is 0 Å². The Balaban J connectivity index is 1.73. The van der Waals surface area contributed by atoms with E-state index in [-0.39, 0.29) is 22.5 Å². The van der Waals surface area contributed by atoms with E-state index in [0.717, 1.165) is 25.9 Å². The van der Waals surface area contributed by atoms with Gasteiger partial charge in [0.15, 0.2) is 10.8 Å². The maximum Gasteiger partial charge on any atom is 0.277 e. The fourth-order valence-electron chi connectivity index (χ4n) is 2.61. The fraction of sp³-hybridized carbons (Fsp3) is 0.500. The molecule has 6 nitrogen and oxygen atoms in total. The molecule has 2 N–H and O–H groups in total. The molecule has 0 bridgehead atoms. The zero-order valence-electron chi connectivity index (χ0n) is 13.7. The molecule has 0 saturated carbocycles. The van der Waals surface area contributed by atoms with Crippen molar-refractivity contribution in [1.29, 1.82) is 0 Å². The first-order chi connectivity index (χ1) is 11.5. The number of carbonyl (C=O) groups is 1. The van der Waals surface area contributed by atoms with Crippen molar-refractivity contribution in [2.75, 3.05) is 18.4 Å². The van der Waals surface area contributed by atoms with Gasteiger partial charge >= 0.3 is 0 Å². The quantitative estimate of drug-likeness (QED) is 0.867. The van der Waals surface area contributed by atoms with Gasteiger partial charge in [-0.1, -0.05) is 25.4 Å². The van der Waals surface area contributed by atoms with E-state index >= 15 is 0 Å². The molecular formula is C16H20ClN5OS. The second-order valence-electron chi connectivity index (χ2n) is 6.13. The third-order valence-electron chi connectivity index (χ3n) is 3.98. The third-order valence-corrected chi connectivity index (χ3v) is 5.33. The van der Waals surface area contributed by atoms with Crippen molar-refractivity contribution in [2.45, 2.75) is 38.5 Å². The molecule has 2 aromatic rings. The van der Waals surface area contributed by atoms with Crippen molar-refractivity contribution in [2.24, 2.45) is 0 Å². The smallest absolute Gasteiger partial charge is 0.277 e. The average molecular weight is 366 g/mol. The van der Waals surface area contributed by atoms with E-state index in [1.807, 2.05) is 20.0 Å². The molecule has 2 aromatic heterocycles. The zero-order valence-corrected chi connectivity index (χ0v) is 15.2. The molecule has 3 heterocycles. The van der Waals surface area contributed by atoms with E-state index in [1.54, 1.807) is 0 Å². The molecule has 0 aliphatic carbocycles. The number of carbonyl (C=O) groups excluding carboxylic acids is 1. The number of nitrogens with one attached hydrogen (secondary N) is 2. The number of hydrogen-bond donors (Lipinski definition) is 2. The normalized spacial score (nSPS) is 15.7. The standard InChI is InChI=1S/C16H20ClN5OS/c1-9(2)14-19-7-11(17)13(21-14)15(23)22-16-20-8-12(24-16)10-3-5-18-6-4-10/h7-10,18H,3-6H2,1-2H3,(H,20,22,23). The van der Waals surface area contributed by atoms with Crippen molar-refractivity contribution in [3.63, 3.8) is 0 Å². The van der Waals surface area contributed by atoms with Crippen LogP contribution in [0.2, 0.25) is 5.02 Å². The molecule has 3 rings (SSSR count). The van der Waals surface area contributed by atoms with Gasteiger partial charge in [0, 0.05) is 17.0 Å². The SMILES string of the molecule is CC(C)c1ncc(Cl)c(C(=O)Nc2ncc(C3CCNCC3)s2)n1. The summed E-state index contributed by atoms with van der Waals surface area (Å²) >= 11 is 7.60.